The van der Waals surface area contributed by atoms with Crippen LogP contribution in [-0.2, 0) is 0 Å². The molecule has 4 heterocycles. The van der Waals surface area contributed by atoms with E-state index in [9.17, 15) is 0 Å². The van der Waals surface area contributed by atoms with Gasteiger partial charge in [0.25, 0.3) is 6.71 Å². The Labute approximate surface area is 280 Å². The predicted octanol–water partition coefficient (Wildman–Crippen LogP) is 9.92. The summed E-state index contributed by atoms with van der Waals surface area (Å²) in [6, 6.07) is 56.0. The second kappa shape index (κ2) is 9.65. The Balaban J connectivity index is 1.33. The molecule has 47 heavy (non-hydrogen) atoms. The minimum atomic E-state index is 0.134. The van der Waals surface area contributed by atoms with Crippen LogP contribution >= 0.6 is 23.1 Å². The lowest BCUT2D eigenvalue weighted by Crippen LogP contribution is -2.59. The van der Waals surface area contributed by atoms with Gasteiger partial charge in [0, 0.05) is 52.7 Å². The highest BCUT2D eigenvalue weighted by Crippen LogP contribution is 2.46. The summed E-state index contributed by atoms with van der Waals surface area (Å²) in [7, 11) is 0. The van der Waals surface area contributed by atoms with Gasteiger partial charge in [-0.25, -0.2) is 0 Å². The molecular formula is C42H25BN2S2. The van der Waals surface area contributed by atoms with E-state index in [0.717, 1.165) is 11.4 Å². The van der Waals surface area contributed by atoms with Crippen molar-refractivity contribution in [2.45, 2.75) is 9.79 Å². The summed E-state index contributed by atoms with van der Waals surface area (Å²) in [5, 5.41) is 5.42. The maximum atomic E-state index is 2.59. The monoisotopic (exact) mass is 632 g/mol. The van der Waals surface area contributed by atoms with Crippen molar-refractivity contribution in [1.82, 2.24) is 4.57 Å². The average molecular weight is 633 g/mol. The topological polar surface area (TPSA) is 8.17 Å². The van der Waals surface area contributed by atoms with Gasteiger partial charge in [0.15, 0.2) is 0 Å². The first-order valence-corrected chi connectivity index (χ1v) is 17.7. The largest absolute Gasteiger partial charge is 0.310 e. The van der Waals surface area contributed by atoms with Crippen molar-refractivity contribution < 1.29 is 0 Å². The number of fused-ring (bicyclic) bond motifs is 11. The quantitative estimate of drug-likeness (QED) is 0.179. The van der Waals surface area contributed by atoms with Crippen LogP contribution in [0.2, 0.25) is 0 Å². The van der Waals surface area contributed by atoms with E-state index < -0.39 is 0 Å². The van der Waals surface area contributed by atoms with E-state index in [1.54, 1.807) is 0 Å². The lowest BCUT2D eigenvalue weighted by atomic mass is 9.34. The van der Waals surface area contributed by atoms with Crippen LogP contribution in [-0.4, -0.2) is 11.3 Å². The number of hydrogen-bond donors (Lipinski definition) is 0. The van der Waals surface area contributed by atoms with Gasteiger partial charge in [-0.15, -0.1) is 11.3 Å². The summed E-state index contributed by atoms with van der Waals surface area (Å²) >= 11 is 3.84. The van der Waals surface area contributed by atoms with Gasteiger partial charge in [0.05, 0.1) is 11.0 Å². The maximum absolute atomic E-state index is 2.59. The highest BCUT2D eigenvalue weighted by Gasteiger charge is 2.41. The standard InChI is InChI=1S/C42H25BN2S2/c1-3-13-26(14-4-1)44(27-15-5-2-6-16-27)28-23-34-40-38(24-28)47-36-22-12-9-19-32(36)43(40)41-39-30-18-8-11-21-35(30)46-37(39)25-31-29-17-7-10-20-33(29)45(34)42(31)41/h1-25H. The number of nitrogens with zero attached hydrogens (tertiary/aromatic N) is 2. The van der Waals surface area contributed by atoms with E-state index in [0.29, 0.717) is 0 Å². The van der Waals surface area contributed by atoms with Gasteiger partial charge >= 0.3 is 0 Å². The fourth-order valence-corrected chi connectivity index (χ4v) is 10.5. The second-order valence-corrected chi connectivity index (χ2v) is 14.6. The van der Waals surface area contributed by atoms with E-state index in [2.05, 4.69) is 161 Å². The lowest BCUT2D eigenvalue weighted by molar-refractivity contribution is 1.16. The van der Waals surface area contributed by atoms with E-state index in [1.165, 1.54) is 79.5 Å². The molecule has 0 amide bonds. The van der Waals surface area contributed by atoms with Gasteiger partial charge in [0.1, 0.15) is 0 Å². The summed E-state index contributed by atoms with van der Waals surface area (Å²) in [6.45, 7) is 0.134. The molecule has 2 aliphatic heterocycles. The fraction of sp³-hybridized carbons (Fsp3) is 0. The summed E-state index contributed by atoms with van der Waals surface area (Å²) in [4.78, 5) is 5.07. The second-order valence-electron chi connectivity index (χ2n) is 12.5. The van der Waals surface area contributed by atoms with E-state index in [1.807, 2.05) is 23.1 Å². The summed E-state index contributed by atoms with van der Waals surface area (Å²) in [5.74, 6) is 0. The van der Waals surface area contributed by atoms with Gasteiger partial charge in [0.2, 0.25) is 0 Å². The molecule has 2 nitrogen and oxygen atoms in total. The Hall–Kier alpha value is -5.23. The zero-order valence-corrected chi connectivity index (χ0v) is 26.9. The molecule has 7 aromatic carbocycles. The van der Waals surface area contributed by atoms with E-state index in [4.69, 9.17) is 0 Å². The zero-order valence-electron chi connectivity index (χ0n) is 25.2. The fourth-order valence-electron chi connectivity index (χ4n) is 8.17. The molecule has 2 aromatic heterocycles. The smallest absolute Gasteiger partial charge is 0.250 e. The van der Waals surface area contributed by atoms with E-state index >= 15 is 0 Å². The Bertz CT molecular complexity index is 2690. The molecule has 11 rings (SSSR count). The number of benzene rings is 7. The molecule has 0 spiro atoms. The van der Waals surface area contributed by atoms with Crippen molar-refractivity contribution >= 4 is 105 Å². The Kier molecular flexibility index (Phi) is 5.32. The van der Waals surface area contributed by atoms with Crippen molar-refractivity contribution in [1.29, 1.82) is 0 Å². The molecule has 0 unspecified atom stereocenters. The molecule has 9 aromatic rings. The summed E-state index contributed by atoms with van der Waals surface area (Å²) in [6.07, 6.45) is 0. The molecule has 0 aliphatic carbocycles. The highest BCUT2D eigenvalue weighted by atomic mass is 32.2. The van der Waals surface area contributed by atoms with Crippen molar-refractivity contribution in [3.8, 4) is 5.69 Å². The molecule has 0 saturated carbocycles. The van der Waals surface area contributed by atoms with E-state index in [-0.39, 0.29) is 6.71 Å². The van der Waals surface area contributed by atoms with Crippen molar-refractivity contribution in [3.63, 3.8) is 0 Å². The van der Waals surface area contributed by atoms with Gasteiger partial charge in [-0.05, 0) is 82.4 Å². The van der Waals surface area contributed by atoms with Gasteiger partial charge in [-0.1, -0.05) is 108 Å². The molecule has 5 heteroatoms. The number of hydrogen-bond acceptors (Lipinski definition) is 3. The molecule has 0 saturated heterocycles. The molecule has 0 bridgehead atoms. The predicted molar refractivity (Wildman–Crippen MR) is 204 cm³/mol. The Morgan fingerprint density at radius 3 is 2.00 bits per heavy atom. The number of rotatable bonds is 3. The molecular weight excluding hydrogens is 607 g/mol. The van der Waals surface area contributed by atoms with Gasteiger partial charge in [-0.2, -0.15) is 0 Å². The first kappa shape index (κ1) is 25.9. The third-order valence-electron chi connectivity index (χ3n) is 10.00. The van der Waals surface area contributed by atoms with Crippen LogP contribution in [0.4, 0.5) is 17.1 Å². The first-order chi connectivity index (χ1) is 23.3. The van der Waals surface area contributed by atoms with Crippen LogP contribution in [0, 0.1) is 0 Å². The van der Waals surface area contributed by atoms with Crippen LogP contribution < -0.4 is 21.3 Å². The third kappa shape index (κ3) is 3.53. The van der Waals surface area contributed by atoms with Crippen molar-refractivity contribution in [2.24, 2.45) is 0 Å². The number of thiophene rings is 1. The summed E-state index contributed by atoms with van der Waals surface area (Å²) in [5.41, 5.74) is 11.6. The minimum Gasteiger partial charge on any atom is -0.310 e. The Morgan fingerprint density at radius 1 is 0.511 bits per heavy atom. The normalized spacial score (nSPS) is 13.0. The van der Waals surface area contributed by atoms with Gasteiger partial charge < -0.3 is 9.47 Å². The molecule has 0 fully saturated rings. The van der Waals surface area contributed by atoms with Crippen LogP contribution in [0.3, 0.4) is 0 Å². The van der Waals surface area contributed by atoms with Crippen LogP contribution in [0.25, 0.3) is 47.7 Å². The highest BCUT2D eigenvalue weighted by molar-refractivity contribution is 8.00. The number of aromatic nitrogens is 1. The number of para-hydroxylation sites is 3. The lowest BCUT2D eigenvalue weighted by Gasteiger charge is -2.35. The molecule has 0 atom stereocenters. The van der Waals surface area contributed by atoms with Crippen molar-refractivity contribution in [2.75, 3.05) is 4.90 Å². The van der Waals surface area contributed by atoms with Crippen LogP contribution in [0.5, 0.6) is 0 Å². The minimum absolute atomic E-state index is 0.134. The maximum Gasteiger partial charge on any atom is 0.250 e. The average Bonchev–Trinajstić information content (AvgIpc) is 3.67. The molecule has 2 aliphatic rings. The molecule has 0 radical (unpaired) electrons. The first-order valence-electron chi connectivity index (χ1n) is 16.1. The SMILES string of the molecule is c1ccc(N(c2ccccc2)c2cc3c4c(c2)-n2c5ccccc5c5cc6sc7ccccc7c6c(c52)B4c2ccccc2S3)cc1. The zero-order chi connectivity index (χ0) is 30.6. The van der Waals surface area contributed by atoms with Crippen LogP contribution in [0.1, 0.15) is 0 Å². The number of anilines is 3. The molecule has 0 N–H and O–H groups in total. The van der Waals surface area contributed by atoms with Crippen molar-refractivity contribution in [3.05, 3.63) is 152 Å². The van der Waals surface area contributed by atoms with Crippen LogP contribution in [0.15, 0.2) is 161 Å². The third-order valence-corrected chi connectivity index (χ3v) is 12.3. The Morgan fingerprint density at radius 2 is 1.19 bits per heavy atom. The molecule has 218 valence electrons. The van der Waals surface area contributed by atoms with Gasteiger partial charge in [-0.3, -0.25) is 0 Å². The summed E-state index contributed by atoms with van der Waals surface area (Å²) < 4.78 is 5.31.